The summed E-state index contributed by atoms with van der Waals surface area (Å²) in [6, 6.07) is 19.5. The average Bonchev–Trinajstić information content (AvgIpc) is 3.16. The Bertz CT molecular complexity index is 1260. The topological polar surface area (TPSA) is 75.4 Å². The summed E-state index contributed by atoms with van der Waals surface area (Å²) < 4.78 is 5.71. The number of amides is 1. The van der Waals surface area contributed by atoms with Crippen LogP contribution in [0.3, 0.4) is 0 Å². The molecule has 7 heteroatoms. The zero-order valence-corrected chi connectivity index (χ0v) is 19.5. The number of unbranched alkanes of at least 4 members (excludes halogenated alkanes) is 1. The van der Waals surface area contributed by atoms with E-state index in [1.807, 2.05) is 65.6 Å². The first-order valence-electron chi connectivity index (χ1n) is 12.1. The van der Waals surface area contributed by atoms with Gasteiger partial charge in [-0.3, -0.25) is 4.79 Å². The summed E-state index contributed by atoms with van der Waals surface area (Å²) in [6.45, 7) is 5.01. The molecule has 1 aliphatic heterocycles. The van der Waals surface area contributed by atoms with Crippen molar-refractivity contribution in [2.75, 3.05) is 31.1 Å². The normalized spacial score (nSPS) is 14.4. The van der Waals surface area contributed by atoms with Crippen molar-refractivity contribution in [2.24, 2.45) is 0 Å². The van der Waals surface area contributed by atoms with Crippen molar-refractivity contribution in [2.45, 2.75) is 32.6 Å². The number of nitrogens with zero attached hydrogens (tertiary/aromatic N) is 5. The summed E-state index contributed by atoms with van der Waals surface area (Å²) >= 11 is 0. The third kappa shape index (κ3) is 4.51. The highest BCUT2D eigenvalue weighted by Crippen LogP contribution is 2.34. The summed E-state index contributed by atoms with van der Waals surface area (Å²) in [5.74, 6) is 1.71. The zero-order valence-electron chi connectivity index (χ0n) is 19.5. The smallest absolute Gasteiger partial charge is 0.263 e. The van der Waals surface area contributed by atoms with Crippen molar-refractivity contribution >= 4 is 22.8 Å². The van der Waals surface area contributed by atoms with Crippen LogP contribution >= 0.6 is 0 Å². The SMILES string of the molecule is CCCCc1nc(N2CCCN(C(=O)c3ccccc3)CC2)c2c(-c3ccccc3)noc2n1. The van der Waals surface area contributed by atoms with Crippen LogP contribution in [0.25, 0.3) is 22.4 Å². The van der Waals surface area contributed by atoms with Gasteiger partial charge in [-0.1, -0.05) is 67.0 Å². The Morgan fingerprint density at radius 1 is 0.941 bits per heavy atom. The van der Waals surface area contributed by atoms with Gasteiger partial charge in [-0.2, -0.15) is 4.98 Å². The summed E-state index contributed by atoms with van der Waals surface area (Å²) in [4.78, 5) is 26.9. The number of rotatable bonds is 6. The molecule has 0 N–H and O–H groups in total. The number of carbonyl (C=O) groups is 1. The van der Waals surface area contributed by atoms with E-state index in [0.29, 0.717) is 18.8 Å². The Morgan fingerprint density at radius 3 is 2.47 bits per heavy atom. The quantitative estimate of drug-likeness (QED) is 0.408. The van der Waals surface area contributed by atoms with E-state index in [9.17, 15) is 4.79 Å². The Morgan fingerprint density at radius 2 is 1.71 bits per heavy atom. The molecule has 0 bridgehead atoms. The lowest BCUT2D eigenvalue weighted by molar-refractivity contribution is 0.0767. The number of hydrogen-bond acceptors (Lipinski definition) is 6. The van der Waals surface area contributed by atoms with E-state index in [2.05, 4.69) is 22.0 Å². The minimum atomic E-state index is 0.0777. The second kappa shape index (κ2) is 10.0. The first kappa shape index (κ1) is 22.1. The Kier molecular flexibility index (Phi) is 6.51. The van der Waals surface area contributed by atoms with Gasteiger partial charge in [-0.15, -0.1) is 0 Å². The monoisotopic (exact) mass is 455 g/mol. The third-order valence-corrected chi connectivity index (χ3v) is 6.27. The fourth-order valence-electron chi connectivity index (χ4n) is 4.44. The maximum absolute atomic E-state index is 13.0. The van der Waals surface area contributed by atoms with Crippen molar-refractivity contribution in [3.63, 3.8) is 0 Å². The molecule has 7 nitrogen and oxygen atoms in total. The van der Waals surface area contributed by atoms with Gasteiger partial charge in [0, 0.05) is 43.7 Å². The Labute approximate surface area is 199 Å². The predicted octanol–water partition coefficient (Wildman–Crippen LogP) is 4.98. The lowest BCUT2D eigenvalue weighted by Gasteiger charge is -2.24. The van der Waals surface area contributed by atoms with Crippen molar-refractivity contribution < 1.29 is 9.32 Å². The van der Waals surface area contributed by atoms with Crippen LogP contribution in [-0.2, 0) is 6.42 Å². The van der Waals surface area contributed by atoms with Gasteiger partial charge in [0.2, 0.25) is 0 Å². The van der Waals surface area contributed by atoms with Crippen LogP contribution in [0.15, 0.2) is 65.2 Å². The molecule has 3 heterocycles. The van der Waals surface area contributed by atoms with Gasteiger partial charge in [0.05, 0.1) is 0 Å². The maximum atomic E-state index is 13.0. The molecule has 5 rings (SSSR count). The molecule has 1 fully saturated rings. The molecule has 2 aromatic heterocycles. The molecule has 2 aromatic carbocycles. The van der Waals surface area contributed by atoms with Crippen molar-refractivity contribution in [3.05, 3.63) is 72.1 Å². The molecular weight excluding hydrogens is 426 g/mol. The van der Waals surface area contributed by atoms with Crippen molar-refractivity contribution in [3.8, 4) is 11.3 Å². The number of hydrogen-bond donors (Lipinski definition) is 0. The first-order chi connectivity index (χ1) is 16.7. The van der Waals surface area contributed by atoms with Crippen molar-refractivity contribution in [1.29, 1.82) is 0 Å². The molecule has 0 radical (unpaired) electrons. The van der Waals surface area contributed by atoms with Crippen LogP contribution in [-0.4, -0.2) is 52.1 Å². The van der Waals surface area contributed by atoms with Crippen LogP contribution < -0.4 is 4.90 Å². The molecule has 174 valence electrons. The van der Waals surface area contributed by atoms with Gasteiger partial charge in [0.25, 0.3) is 11.6 Å². The van der Waals surface area contributed by atoms with E-state index in [1.165, 1.54) is 0 Å². The van der Waals surface area contributed by atoms with Crippen molar-refractivity contribution in [1.82, 2.24) is 20.0 Å². The van der Waals surface area contributed by atoms with Gasteiger partial charge < -0.3 is 14.3 Å². The highest BCUT2D eigenvalue weighted by atomic mass is 16.5. The van der Waals surface area contributed by atoms with Gasteiger partial charge in [0.1, 0.15) is 22.7 Å². The molecular formula is C27H29N5O2. The summed E-state index contributed by atoms with van der Waals surface area (Å²) in [7, 11) is 0. The number of aryl methyl sites for hydroxylation is 1. The van der Waals surface area contributed by atoms with Crippen LogP contribution in [0.5, 0.6) is 0 Å². The summed E-state index contributed by atoms with van der Waals surface area (Å²) in [5.41, 5.74) is 2.99. The minimum absolute atomic E-state index is 0.0777. The summed E-state index contributed by atoms with van der Waals surface area (Å²) in [5, 5.41) is 5.22. The maximum Gasteiger partial charge on any atom is 0.263 e. The number of fused-ring (bicyclic) bond motifs is 1. The fraction of sp³-hybridized carbons (Fsp3) is 0.333. The first-order valence-corrected chi connectivity index (χ1v) is 12.1. The van der Waals surface area contributed by atoms with Gasteiger partial charge in [-0.05, 0) is 25.0 Å². The van der Waals surface area contributed by atoms with E-state index in [-0.39, 0.29) is 5.91 Å². The molecule has 0 unspecified atom stereocenters. The molecule has 1 saturated heterocycles. The van der Waals surface area contributed by atoms with Gasteiger partial charge in [0.15, 0.2) is 0 Å². The Balaban J connectivity index is 1.49. The standard InChI is InChI=1S/C27H29N5O2/c1-2-3-15-22-28-25(23-24(30-34-26(23)29-22)20-11-6-4-7-12-20)31-16-10-17-32(19-18-31)27(33)21-13-8-5-9-14-21/h4-9,11-14H,2-3,10,15-19H2,1H3. The third-order valence-electron chi connectivity index (χ3n) is 6.27. The van der Waals surface area contributed by atoms with E-state index >= 15 is 0 Å². The number of aromatic nitrogens is 3. The second-order valence-corrected chi connectivity index (χ2v) is 8.64. The minimum Gasteiger partial charge on any atom is -0.354 e. The largest absolute Gasteiger partial charge is 0.354 e. The van der Waals surface area contributed by atoms with Crippen LogP contribution in [0.2, 0.25) is 0 Å². The van der Waals surface area contributed by atoms with E-state index < -0.39 is 0 Å². The van der Waals surface area contributed by atoms with Crippen LogP contribution in [0.4, 0.5) is 5.82 Å². The highest BCUT2D eigenvalue weighted by Gasteiger charge is 2.26. The lowest BCUT2D eigenvalue weighted by atomic mass is 10.1. The van der Waals surface area contributed by atoms with Gasteiger partial charge in [-0.25, -0.2) is 4.98 Å². The molecule has 0 saturated carbocycles. The molecule has 34 heavy (non-hydrogen) atoms. The average molecular weight is 456 g/mol. The predicted molar refractivity (Wildman–Crippen MR) is 133 cm³/mol. The summed E-state index contributed by atoms with van der Waals surface area (Å²) in [6.07, 6.45) is 3.75. The molecule has 1 aliphatic rings. The fourth-order valence-corrected chi connectivity index (χ4v) is 4.44. The van der Waals surface area contributed by atoms with E-state index in [1.54, 1.807) is 0 Å². The lowest BCUT2D eigenvalue weighted by Crippen LogP contribution is -2.35. The number of benzene rings is 2. The van der Waals surface area contributed by atoms with Crippen LogP contribution in [0, 0.1) is 0 Å². The second-order valence-electron chi connectivity index (χ2n) is 8.64. The van der Waals surface area contributed by atoms with Gasteiger partial charge >= 0.3 is 0 Å². The molecule has 1 amide bonds. The molecule has 0 atom stereocenters. The zero-order chi connectivity index (χ0) is 23.3. The van der Waals surface area contributed by atoms with E-state index in [4.69, 9.17) is 9.51 Å². The highest BCUT2D eigenvalue weighted by molar-refractivity contribution is 5.98. The molecule has 0 spiro atoms. The molecule has 4 aromatic rings. The van der Waals surface area contributed by atoms with E-state index in [0.717, 1.165) is 72.6 Å². The molecule has 0 aliphatic carbocycles. The number of anilines is 1. The van der Waals surface area contributed by atoms with Crippen LogP contribution in [0.1, 0.15) is 42.4 Å². The number of carbonyl (C=O) groups excluding carboxylic acids is 1. The Hall–Kier alpha value is -3.74.